The van der Waals surface area contributed by atoms with Gasteiger partial charge in [-0.05, 0) is 79.9 Å². The summed E-state index contributed by atoms with van der Waals surface area (Å²) < 4.78 is 16.0. The highest BCUT2D eigenvalue weighted by Gasteiger charge is 2.11. The molecule has 0 N–H and O–H groups in total. The van der Waals surface area contributed by atoms with Gasteiger partial charge in [0.15, 0.2) is 10.9 Å². The van der Waals surface area contributed by atoms with E-state index in [0.29, 0.717) is 46.3 Å². The second-order valence-corrected chi connectivity index (χ2v) is 9.93. The van der Waals surface area contributed by atoms with E-state index < -0.39 is 0 Å². The van der Waals surface area contributed by atoms with Crippen LogP contribution in [-0.4, -0.2) is 22.3 Å². The highest BCUT2D eigenvalue weighted by atomic mass is 16.5. The van der Waals surface area contributed by atoms with E-state index >= 15 is 0 Å². The minimum absolute atomic E-state index is 0.0287. The summed E-state index contributed by atoms with van der Waals surface area (Å²) in [6, 6.07) is 26.8. The van der Waals surface area contributed by atoms with Crippen molar-refractivity contribution in [1.29, 1.82) is 0 Å². The maximum absolute atomic E-state index is 13.0. The fourth-order valence-electron chi connectivity index (χ4n) is 5.39. The number of para-hydroxylation sites is 2. The van der Waals surface area contributed by atoms with Gasteiger partial charge in [-0.1, -0.05) is 24.3 Å². The fraction of sp³-hybridized carbons (Fsp3) is 0.212. The van der Waals surface area contributed by atoms with Crippen LogP contribution in [0.3, 0.4) is 0 Å². The standard InChI is InChI=1S/C33H30N2O4/c1-34-28-12-6-4-10-24(28)32(36)26-20-22(14-16-30(26)34)38-18-8-3-9-19-39-23-15-17-31-27(21-23)33(37)25-11-5-7-13-29(25)35(31)2/h4-7,10-17,20-21H,3,8-9,18-19H2,1-2H3. The minimum atomic E-state index is 0.0287. The second kappa shape index (κ2) is 10.3. The Labute approximate surface area is 225 Å². The lowest BCUT2D eigenvalue weighted by atomic mass is 10.1. The van der Waals surface area contributed by atoms with Crippen LogP contribution in [0.25, 0.3) is 43.6 Å². The topological polar surface area (TPSA) is 62.5 Å². The first kappa shape index (κ1) is 24.7. The molecule has 0 atom stereocenters. The number of hydrogen-bond donors (Lipinski definition) is 0. The Morgan fingerprint density at radius 1 is 0.513 bits per heavy atom. The molecular formula is C33H30N2O4. The van der Waals surface area contributed by atoms with Gasteiger partial charge in [-0.25, -0.2) is 0 Å². The summed E-state index contributed by atoms with van der Waals surface area (Å²) in [5, 5.41) is 2.76. The van der Waals surface area contributed by atoms with Gasteiger partial charge in [-0.3, -0.25) is 9.59 Å². The van der Waals surface area contributed by atoms with Gasteiger partial charge in [-0.15, -0.1) is 0 Å². The molecule has 0 saturated carbocycles. The predicted molar refractivity (Wildman–Crippen MR) is 158 cm³/mol. The van der Waals surface area contributed by atoms with Crippen LogP contribution < -0.4 is 20.3 Å². The Balaban J connectivity index is 1.04. The zero-order valence-electron chi connectivity index (χ0n) is 22.1. The second-order valence-electron chi connectivity index (χ2n) is 9.93. The number of fused-ring (bicyclic) bond motifs is 4. The molecule has 0 bridgehead atoms. The lowest BCUT2D eigenvalue weighted by Crippen LogP contribution is -2.09. The summed E-state index contributed by atoms with van der Waals surface area (Å²) in [4.78, 5) is 26.0. The van der Waals surface area contributed by atoms with Gasteiger partial charge in [0.25, 0.3) is 0 Å². The number of benzene rings is 4. The van der Waals surface area contributed by atoms with Crippen molar-refractivity contribution in [1.82, 2.24) is 9.13 Å². The molecule has 39 heavy (non-hydrogen) atoms. The molecule has 0 aliphatic heterocycles. The highest BCUT2D eigenvalue weighted by Crippen LogP contribution is 2.24. The Morgan fingerprint density at radius 3 is 1.38 bits per heavy atom. The Morgan fingerprint density at radius 2 is 0.923 bits per heavy atom. The fourth-order valence-corrected chi connectivity index (χ4v) is 5.39. The minimum Gasteiger partial charge on any atom is -0.494 e. The van der Waals surface area contributed by atoms with Crippen LogP contribution in [0.5, 0.6) is 11.5 Å². The molecule has 6 nitrogen and oxygen atoms in total. The molecule has 0 aliphatic rings. The molecule has 0 amide bonds. The SMILES string of the molecule is Cn1c2ccccc2c(=O)c2cc(OCCCCCOc3ccc4c(c3)c(=O)c3ccccc3n4C)ccc21. The molecule has 4 aromatic carbocycles. The van der Waals surface area contributed by atoms with E-state index in [1.807, 2.05) is 108 Å². The number of nitrogens with zero attached hydrogens (tertiary/aromatic N) is 2. The molecule has 0 fully saturated rings. The first-order valence-electron chi connectivity index (χ1n) is 13.3. The molecule has 0 spiro atoms. The molecule has 2 aromatic heterocycles. The van der Waals surface area contributed by atoms with Crippen molar-refractivity contribution < 1.29 is 9.47 Å². The average molecular weight is 519 g/mol. The molecular weight excluding hydrogens is 488 g/mol. The zero-order chi connectivity index (χ0) is 26.9. The van der Waals surface area contributed by atoms with Crippen molar-refractivity contribution >= 4 is 43.6 Å². The van der Waals surface area contributed by atoms with E-state index in [1.165, 1.54) is 0 Å². The largest absolute Gasteiger partial charge is 0.494 e. The van der Waals surface area contributed by atoms with Crippen LogP contribution in [0, 0.1) is 0 Å². The van der Waals surface area contributed by atoms with Crippen molar-refractivity contribution in [2.45, 2.75) is 19.3 Å². The van der Waals surface area contributed by atoms with Crippen LogP contribution in [0.1, 0.15) is 19.3 Å². The van der Waals surface area contributed by atoms with Crippen molar-refractivity contribution in [2.75, 3.05) is 13.2 Å². The Hall–Kier alpha value is -4.58. The smallest absolute Gasteiger partial charge is 0.197 e. The predicted octanol–water partition coefficient (Wildman–Crippen LogP) is 6.32. The molecule has 196 valence electrons. The van der Waals surface area contributed by atoms with Gasteiger partial charge in [0.2, 0.25) is 0 Å². The van der Waals surface area contributed by atoms with Crippen LogP contribution in [0.15, 0.2) is 94.5 Å². The molecule has 6 heteroatoms. The van der Waals surface area contributed by atoms with E-state index in [-0.39, 0.29) is 10.9 Å². The summed E-state index contributed by atoms with van der Waals surface area (Å²) in [6.45, 7) is 1.14. The summed E-state index contributed by atoms with van der Waals surface area (Å²) in [5.74, 6) is 1.41. The third-order valence-corrected chi connectivity index (χ3v) is 7.49. The number of pyridine rings is 2. The quantitative estimate of drug-likeness (QED) is 0.175. The number of aryl methyl sites for hydroxylation is 2. The summed E-state index contributed by atoms with van der Waals surface area (Å²) >= 11 is 0. The number of hydrogen-bond acceptors (Lipinski definition) is 4. The first-order chi connectivity index (χ1) is 19.0. The van der Waals surface area contributed by atoms with Crippen LogP contribution >= 0.6 is 0 Å². The van der Waals surface area contributed by atoms with E-state index in [9.17, 15) is 9.59 Å². The molecule has 0 aliphatic carbocycles. The van der Waals surface area contributed by atoms with Crippen molar-refractivity contribution in [2.24, 2.45) is 14.1 Å². The van der Waals surface area contributed by atoms with E-state index in [0.717, 1.165) is 41.3 Å². The monoisotopic (exact) mass is 518 g/mol. The zero-order valence-corrected chi connectivity index (χ0v) is 22.1. The molecule has 0 saturated heterocycles. The molecule has 6 rings (SSSR count). The molecule has 0 radical (unpaired) electrons. The summed E-state index contributed by atoms with van der Waals surface area (Å²) in [5.41, 5.74) is 3.68. The third-order valence-electron chi connectivity index (χ3n) is 7.49. The van der Waals surface area contributed by atoms with Gasteiger partial charge in [0.05, 0.1) is 35.3 Å². The Kier molecular flexibility index (Phi) is 6.53. The van der Waals surface area contributed by atoms with Crippen molar-refractivity contribution in [3.05, 3.63) is 105 Å². The molecule has 0 unspecified atom stereocenters. The Bertz CT molecular complexity index is 1830. The number of rotatable bonds is 8. The number of ether oxygens (including phenoxy) is 2. The lowest BCUT2D eigenvalue weighted by Gasteiger charge is -2.13. The van der Waals surface area contributed by atoms with Crippen LogP contribution in [-0.2, 0) is 14.1 Å². The van der Waals surface area contributed by atoms with Crippen LogP contribution in [0.4, 0.5) is 0 Å². The van der Waals surface area contributed by atoms with Crippen molar-refractivity contribution in [3.8, 4) is 11.5 Å². The normalized spacial score (nSPS) is 11.5. The van der Waals surface area contributed by atoms with Crippen molar-refractivity contribution in [3.63, 3.8) is 0 Å². The molecule has 6 aromatic rings. The van der Waals surface area contributed by atoms with E-state index in [1.54, 1.807) is 0 Å². The maximum Gasteiger partial charge on any atom is 0.197 e. The first-order valence-corrected chi connectivity index (χ1v) is 13.3. The van der Waals surface area contributed by atoms with Gasteiger partial charge in [0, 0.05) is 35.6 Å². The maximum atomic E-state index is 13.0. The average Bonchev–Trinajstić information content (AvgIpc) is 2.98. The van der Waals surface area contributed by atoms with Crippen LogP contribution in [0.2, 0.25) is 0 Å². The van der Waals surface area contributed by atoms with Gasteiger partial charge in [0.1, 0.15) is 11.5 Å². The molecule has 2 heterocycles. The lowest BCUT2D eigenvalue weighted by molar-refractivity contribution is 0.280. The highest BCUT2D eigenvalue weighted by molar-refractivity contribution is 5.95. The third kappa shape index (κ3) is 4.52. The van der Waals surface area contributed by atoms with Gasteiger partial charge >= 0.3 is 0 Å². The van der Waals surface area contributed by atoms with Gasteiger partial charge < -0.3 is 18.6 Å². The van der Waals surface area contributed by atoms with E-state index in [2.05, 4.69) is 0 Å². The summed E-state index contributed by atoms with van der Waals surface area (Å²) in [6.07, 6.45) is 2.70. The van der Waals surface area contributed by atoms with Gasteiger partial charge in [-0.2, -0.15) is 0 Å². The van der Waals surface area contributed by atoms with E-state index in [4.69, 9.17) is 9.47 Å². The number of unbranched alkanes of at least 4 members (excludes halogenated alkanes) is 2. The summed E-state index contributed by atoms with van der Waals surface area (Å²) in [7, 11) is 3.96. The number of aromatic nitrogens is 2.